The Balaban J connectivity index is 1.79. The first-order chi connectivity index (χ1) is 11.5. The maximum absolute atomic E-state index is 12.5. The topological polar surface area (TPSA) is 78.0 Å². The largest absolute Gasteiger partial charge is 0.298 e. The zero-order valence-electron chi connectivity index (χ0n) is 12.4. The van der Waals surface area contributed by atoms with E-state index in [0.29, 0.717) is 22.8 Å². The van der Waals surface area contributed by atoms with Crippen molar-refractivity contribution >= 4 is 40.0 Å². The van der Waals surface area contributed by atoms with E-state index in [-0.39, 0.29) is 16.6 Å². The number of nitrogens with zero attached hydrogens (tertiary/aromatic N) is 3. The lowest BCUT2D eigenvalue weighted by atomic mass is 10.2. The number of benzene rings is 2. The summed E-state index contributed by atoms with van der Waals surface area (Å²) in [5.41, 5.74) is 0.0577. The molecule has 24 heavy (non-hydrogen) atoms. The monoisotopic (exact) mass is 361 g/mol. The molecule has 0 saturated heterocycles. The van der Waals surface area contributed by atoms with Crippen LogP contribution in [0.2, 0.25) is 5.02 Å². The Morgan fingerprint density at radius 3 is 2.67 bits per heavy atom. The number of non-ortho nitro benzene ring substituents is 1. The first-order valence-corrected chi connectivity index (χ1v) is 8.43. The second-order valence-corrected chi connectivity index (χ2v) is 6.61. The molecule has 3 rings (SSSR count). The summed E-state index contributed by atoms with van der Waals surface area (Å²) in [7, 11) is 0. The van der Waals surface area contributed by atoms with Crippen LogP contribution in [0, 0.1) is 10.1 Å². The third-order valence-electron chi connectivity index (χ3n) is 3.43. The van der Waals surface area contributed by atoms with Crippen LogP contribution in [0.5, 0.6) is 0 Å². The molecule has 8 heteroatoms. The van der Waals surface area contributed by atoms with Crippen molar-refractivity contribution in [3.05, 3.63) is 74.3 Å². The normalized spacial score (nSPS) is 10.9. The predicted molar refractivity (Wildman–Crippen MR) is 94.8 cm³/mol. The number of nitro groups is 1. The van der Waals surface area contributed by atoms with Crippen LogP contribution in [0.25, 0.3) is 10.9 Å². The zero-order chi connectivity index (χ0) is 17.1. The Hall–Kier alpha value is -2.38. The molecule has 0 atom stereocenters. The average Bonchev–Trinajstić information content (AvgIpc) is 2.58. The molecular formula is C16H12ClN3O3S. The smallest absolute Gasteiger partial charge is 0.270 e. The Bertz CT molecular complexity index is 957. The maximum Gasteiger partial charge on any atom is 0.270 e. The van der Waals surface area contributed by atoms with Crippen LogP contribution < -0.4 is 5.56 Å². The average molecular weight is 362 g/mol. The van der Waals surface area contributed by atoms with Gasteiger partial charge in [0, 0.05) is 34.3 Å². The minimum atomic E-state index is -0.521. The molecule has 0 aliphatic rings. The van der Waals surface area contributed by atoms with Crippen LogP contribution >= 0.6 is 23.4 Å². The highest BCUT2D eigenvalue weighted by molar-refractivity contribution is 7.99. The summed E-state index contributed by atoms with van der Waals surface area (Å²) in [6.45, 7) is 0.456. The number of aromatic nitrogens is 2. The van der Waals surface area contributed by atoms with Gasteiger partial charge in [-0.3, -0.25) is 19.5 Å². The van der Waals surface area contributed by atoms with Crippen molar-refractivity contribution in [3.8, 4) is 0 Å². The summed E-state index contributed by atoms with van der Waals surface area (Å²) in [6, 6.07) is 11.6. The molecular weight excluding hydrogens is 350 g/mol. The summed E-state index contributed by atoms with van der Waals surface area (Å²) in [4.78, 5) is 28.0. The number of fused-ring (bicyclic) bond motifs is 1. The highest BCUT2D eigenvalue weighted by Gasteiger charge is 2.10. The zero-order valence-corrected chi connectivity index (χ0v) is 14.0. The second kappa shape index (κ2) is 7.02. The van der Waals surface area contributed by atoms with Gasteiger partial charge in [-0.2, -0.15) is 0 Å². The van der Waals surface area contributed by atoms with Gasteiger partial charge in [0.2, 0.25) is 0 Å². The van der Waals surface area contributed by atoms with E-state index < -0.39 is 4.92 Å². The number of hydrogen-bond donors (Lipinski definition) is 0. The number of nitro benzene ring substituents is 1. The summed E-state index contributed by atoms with van der Waals surface area (Å²) < 4.78 is 1.47. The van der Waals surface area contributed by atoms with E-state index in [2.05, 4.69) is 4.98 Å². The Morgan fingerprint density at radius 1 is 1.21 bits per heavy atom. The van der Waals surface area contributed by atoms with Gasteiger partial charge in [-0.05, 0) is 30.3 Å². The number of thioether (sulfide) groups is 1. The second-order valence-electron chi connectivity index (χ2n) is 5.00. The van der Waals surface area contributed by atoms with E-state index in [4.69, 9.17) is 11.6 Å². The molecule has 3 aromatic rings. The summed E-state index contributed by atoms with van der Waals surface area (Å²) in [5, 5.41) is 11.8. The molecule has 0 N–H and O–H groups in total. The lowest BCUT2D eigenvalue weighted by Gasteiger charge is -2.06. The molecule has 6 nitrogen and oxygen atoms in total. The molecule has 0 fully saturated rings. The van der Waals surface area contributed by atoms with E-state index in [1.54, 1.807) is 11.8 Å². The summed E-state index contributed by atoms with van der Waals surface area (Å²) in [5.74, 6) is 0.670. The molecule has 0 aliphatic heterocycles. The Labute approximate surface area is 146 Å². The Morgan fingerprint density at radius 2 is 1.96 bits per heavy atom. The van der Waals surface area contributed by atoms with E-state index in [0.717, 1.165) is 4.90 Å². The predicted octanol–water partition coefficient (Wildman–Crippen LogP) is 3.75. The number of halogens is 1. The first-order valence-electron chi connectivity index (χ1n) is 7.06. The molecule has 2 aromatic carbocycles. The Kier molecular flexibility index (Phi) is 4.82. The van der Waals surface area contributed by atoms with Gasteiger partial charge in [0.05, 0.1) is 22.2 Å². The quantitative estimate of drug-likeness (QED) is 0.393. The van der Waals surface area contributed by atoms with Gasteiger partial charge in [-0.25, -0.2) is 4.98 Å². The van der Waals surface area contributed by atoms with Crippen molar-refractivity contribution in [3.63, 3.8) is 0 Å². The molecule has 0 spiro atoms. The molecule has 0 radical (unpaired) electrons. The van der Waals surface area contributed by atoms with Gasteiger partial charge < -0.3 is 0 Å². The minimum absolute atomic E-state index is 0.116. The van der Waals surface area contributed by atoms with E-state index in [9.17, 15) is 14.9 Å². The van der Waals surface area contributed by atoms with Crippen LogP contribution in [0.4, 0.5) is 5.69 Å². The third-order valence-corrected chi connectivity index (χ3v) is 4.68. The van der Waals surface area contributed by atoms with E-state index in [1.807, 2.05) is 24.3 Å². The SMILES string of the molecule is O=c1c2cc([N+](=O)[O-])ccc2ncn1CCSc1ccc(Cl)cc1. The molecule has 0 aliphatic carbocycles. The van der Waals surface area contributed by atoms with Gasteiger partial charge in [-0.15, -0.1) is 11.8 Å². The van der Waals surface area contributed by atoms with Crippen LogP contribution in [0.3, 0.4) is 0 Å². The number of aryl methyl sites for hydroxylation is 1. The molecule has 1 aromatic heterocycles. The van der Waals surface area contributed by atoms with Crippen molar-refractivity contribution in [1.29, 1.82) is 0 Å². The third kappa shape index (κ3) is 3.58. The fraction of sp³-hybridized carbons (Fsp3) is 0.125. The summed E-state index contributed by atoms with van der Waals surface area (Å²) >= 11 is 7.43. The van der Waals surface area contributed by atoms with Crippen molar-refractivity contribution in [1.82, 2.24) is 9.55 Å². The minimum Gasteiger partial charge on any atom is -0.298 e. The van der Waals surface area contributed by atoms with Crippen molar-refractivity contribution < 1.29 is 4.92 Å². The van der Waals surface area contributed by atoms with Crippen molar-refractivity contribution in [2.75, 3.05) is 5.75 Å². The summed E-state index contributed by atoms with van der Waals surface area (Å²) in [6.07, 6.45) is 1.47. The van der Waals surface area contributed by atoms with Crippen molar-refractivity contribution in [2.45, 2.75) is 11.4 Å². The van der Waals surface area contributed by atoms with Gasteiger partial charge >= 0.3 is 0 Å². The van der Waals surface area contributed by atoms with Gasteiger partial charge in [0.15, 0.2) is 0 Å². The molecule has 0 bridgehead atoms. The highest BCUT2D eigenvalue weighted by atomic mass is 35.5. The molecule has 0 unspecified atom stereocenters. The van der Waals surface area contributed by atoms with E-state index in [1.165, 1.54) is 29.1 Å². The number of rotatable bonds is 5. The molecule has 1 heterocycles. The lowest BCUT2D eigenvalue weighted by Crippen LogP contribution is -2.21. The van der Waals surface area contributed by atoms with Crippen LogP contribution in [0.15, 0.2) is 58.5 Å². The van der Waals surface area contributed by atoms with E-state index >= 15 is 0 Å². The maximum atomic E-state index is 12.5. The molecule has 0 saturated carbocycles. The van der Waals surface area contributed by atoms with Gasteiger partial charge in [0.25, 0.3) is 11.2 Å². The highest BCUT2D eigenvalue weighted by Crippen LogP contribution is 2.20. The fourth-order valence-electron chi connectivity index (χ4n) is 2.21. The number of hydrogen-bond acceptors (Lipinski definition) is 5. The molecule has 0 amide bonds. The van der Waals surface area contributed by atoms with Crippen LogP contribution in [0.1, 0.15) is 0 Å². The van der Waals surface area contributed by atoms with Crippen LogP contribution in [-0.2, 0) is 6.54 Å². The van der Waals surface area contributed by atoms with Crippen LogP contribution in [-0.4, -0.2) is 20.2 Å². The van der Waals surface area contributed by atoms with Gasteiger partial charge in [0.1, 0.15) is 0 Å². The first kappa shape index (κ1) is 16.5. The van der Waals surface area contributed by atoms with Gasteiger partial charge in [-0.1, -0.05) is 11.6 Å². The van der Waals surface area contributed by atoms with Crippen molar-refractivity contribution in [2.24, 2.45) is 0 Å². The standard InChI is InChI=1S/C16H12ClN3O3S/c17-11-1-4-13(5-2-11)24-8-7-19-10-18-15-6-3-12(20(22)23)9-14(15)16(19)21/h1-6,9-10H,7-8H2. The fourth-order valence-corrected chi connectivity index (χ4v) is 3.19. The molecule has 122 valence electrons. The lowest BCUT2D eigenvalue weighted by molar-refractivity contribution is -0.384.